The maximum atomic E-state index is 14.1. The Kier molecular flexibility index (Phi) is 6.62. The number of hydrogen-bond acceptors (Lipinski definition) is 6. The van der Waals surface area contributed by atoms with Crippen LogP contribution in [0.1, 0.15) is 48.5 Å². The maximum Gasteiger partial charge on any atom is 0.419 e. The molecule has 3 aromatic rings. The van der Waals surface area contributed by atoms with E-state index in [0.29, 0.717) is 10.9 Å². The van der Waals surface area contributed by atoms with Gasteiger partial charge < -0.3 is 14.8 Å². The van der Waals surface area contributed by atoms with Gasteiger partial charge in [0.1, 0.15) is 11.4 Å². The van der Waals surface area contributed by atoms with Crippen LogP contribution in [-0.2, 0) is 9.47 Å². The molecular formula is C24H25FN2O5. The van der Waals surface area contributed by atoms with Gasteiger partial charge in [-0.2, -0.15) is 0 Å². The van der Waals surface area contributed by atoms with Crippen LogP contribution in [0.3, 0.4) is 0 Å². The largest absolute Gasteiger partial charge is 0.461 e. The van der Waals surface area contributed by atoms with E-state index in [1.165, 1.54) is 12.1 Å². The highest BCUT2D eigenvalue weighted by Crippen LogP contribution is 2.33. The molecule has 0 saturated heterocycles. The Morgan fingerprint density at radius 1 is 1.06 bits per heavy atom. The van der Waals surface area contributed by atoms with E-state index >= 15 is 0 Å². The summed E-state index contributed by atoms with van der Waals surface area (Å²) >= 11 is 0. The molecule has 2 aromatic carbocycles. The number of fused-ring (bicyclic) bond motifs is 1. The lowest BCUT2D eigenvalue weighted by atomic mass is 10.1. The molecular weight excluding hydrogens is 415 g/mol. The third-order valence-corrected chi connectivity index (χ3v) is 4.50. The topological polar surface area (TPSA) is 86.6 Å². The standard InChI is InChI=1S/C24H25FN2O5/c1-5-31-22(29)21-20(26-14-19(28)15-9-7-6-8-10-15)17-12-11-16(25)13-18(17)27(21)23(30)32-24(2,3)4/h6-13,26H,5,14H2,1-4H3. The van der Waals surface area contributed by atoms with Crippen molar-refractivity contribution in [3.8, 4) is 0 Å². The fourth-order valence-corrected chi connectivity index (χ4v) is 3.22. The summed E-state index contributed by atoms with van der Waals surface area (Å²) in [6, 6.07) is 12.4. The van der Waals surface area contributed by atoms with Crippen molar-refractivity contribution in [2.45, 2.75) is 33.3 Å². The molecule has 0 saturated carbocycles. The van der Waals surface area contributed by atoms with Gasteiger partial charge >= 0.3 is 12.1 Å². The first-order valence-corrected chi connectivity index (χ1v) is 10.2. The number of rotatable bonds is 6. The van der Waals surface area contributed by atoms with E-state index < -0.39 is 23.5 Å². The molecule has 0 spiro atoms. The van der Waals surface area contributed by atoms with Gasteiger partial charge in [-0.15, -0.1) is 0 Å². The van der Waals surface area contributed by atoms with Crippen molar-refractivity contribution in [1.29, 1.82) is 0 Å². The van der Waals surface area contributed by atoms with Crippen molar-refractivity contribution in [1.82, 2.24) is 4.57 Å². The highest BCUT2D eigenvalue weighted by Gasteiger charge is 2.30. The summed E-state index contributed by atoms with van der Waals surface area (Å²) in [5.41, 5.74) is -0.225. The van der Waals surface area contributed by atoms with Crippen LogP contribution in [-0.4, -0.2) is 41.2 Å². The molecule has 0 aliphatic heterocycles. The minimum absolute atomic E-state index is 0.0609. The van der Waals surface area contributed by atoms with Crippen LogP contribution in [0.4, 0.5) is 14.9 Å². The summed E-state index contributed by atoms with van der Waals surface area (Å²) in [6.07, 6.45) is -0.862. The van der Waals surface area contributed by atoms with Gasteiger partial charge in [0.15, 0.2) is 11.5 Å². The Hall–Kier alpha value is -3.68. The van der Waals surface area contributed by atoms with E-state index in [2.05, 4.69) is 5.32 Å². The molecule has 0 fully saturated rings. The number of carbonyl (C=O) groups excluding carboxylic acids is 3. The summed E-state index contributed by atoms with van der Waals surface area (Å²) in [6.45, 7) is 6.58. The number of ether oxygens (including phenoxy) is 2. The minimum atomic E-state index is -0.862. The second kappa shape index (κ2) is 9.21. The van der Waals surface area contributed by atoms with Gasteiger partial charge in [0.05, 0.1) is 24.4 Å². The Morgan fingerprint density at radius 3 is 2.38 bits per heavy atom. The first-order chi connectivity index (χ1) is 15.1. The van der Waals surface area contributed by atoms with E-state index in [0.717, 1.165) is 10.6 Å². The van der Waals surface area contributed by atoms with E-state index in [1.54, 1.807) is 58.0 Å². The van der Waals surface area contributed by atoms with E-state index in [1.807, 2.05) is 0 Å². The minimum Gasteiger partial charge on any atom is -0.461 e. The second-order valence-electron chi connectivity index (χ2n) is 8.06. The molecule has 0 unspecified atom stereocenters. The zero-order chi connectivity index (χ0) is 23.5. The number of benzene rings is 2. The van der Waals surface area contributed by atoms with Crippen LogP contribution < -0.4 is 5.32 Å². The van der Waals surface area contributed by atoms with Crippen molar-refractivity contribution in [2.24, 2.45) is 0 Å². The van der Waals surface area contributed by atoms with Crippen molar-refractivity contribution in [3.05, 3.63) is 65.6 Å². The smallest absolute Gasteiger partial charge is 0.419 e. The molecule has 1 N–H and O–H groups in total. The van der Waals surface area contributed by atoms with Gasteiger partial charge in [-0.3, -0.25) is 4.79 Å². The molecule has 32 heavy (non-hydrogen) atoms. The number of ketones is 1. The number of aromatic nitrogens is 1. The predicted octanol–water partition coefficient (Wildman–Crippen LogP) is 5.04. The molecule has 0 radical (unpaired) electrons. The molecule has 1 aromatic heterocycles. The van der Waals surface area contributed by atoms with Gasteiger partial charge in [-0.25, -0.2) is 18.5 Å². The van der Waals surface area contributed by atoms with Gasteiger partial charge in [-0.05, 0) is 45.9 Å². The van der Waals surface area contributed by atoms with Gasteiger partial charge in [0.2, 0.25) is 0 Å². The van der Waals surface area contributed by atoms with Crippen molar-refractivity contribution in [2.75, 3.05) is 18.5 Å². The van der Waals surface area contributed by atoms with Gasteiger partial charge in [0.25, 0.3) is 0 Å². The molecule has 0 amide bonds. The lowest BCUT2D eigenvalue weighted by Crippen LogP contribution is -2.29. The van der Waals surface area contributed by atoms with Crippen LogP contribution in [0.5, 0.6) is 0 Å². The van der Waals surface area contributed by atoms with Gasteiger partial charge in [0, 0.05) is 10.9 Å². The average Bonchev–Trinajstić information content (AvgIpc) is 3.05. The number of nitrogens with one attached hydrogen (secondary N) is 1. The Labute approximate surface area is 185 Å². The zero-order valence-corrected chi connectivity index (χ0v) is 18.4. The lowest BCUT2D eigenvalue weighted by Gasteiger charge is -2.20. The molecule has 0 aliphatic rings. The van der Waals surface area contributed by atoms with Crippen LogP contribution in [0.2, 0.25) is 0 Å². The van der Waals surface area contributed by atoms with Crippen LogP contribution in [0.15, 0.2) is 48.5 Å². The van der Waals surface area contributed by atoms with Crippen LogP contribution in [0.25, 0.3) is 10.9 Å². The molecule has 7 nitrogen and oxygen atoms in total. The van der Waals surface area contributed by atoms with E-state index in [9.17, 15) is 18.8 Å². The SMILES string of the molecule is CCOC(=O)c1c(NCC(=O)c2ccccc2)c2ccc(F)cc2n1C(=O)OC(C)(C)C. The predicted molar refractivity (Wildman–Crippen MR) is 119 cm³/mol. The molecule has 3 rings (SSSR count). The maximum absolute atomic E-state index is 14.1. The molecule has 0 atom stereocenters. The monoisotopic (exact) mass is 440 g/mol. The molecule has 0 aliphatic carbocycles. The number of halogens is 1. The normalized spacial score (nSPS) is 11.3. The summed E-state index contributed by atoms with van der Waals surface area (Å²) in [7, 11) is 0. The Balaban J connectivity index is 2.13. The zero-order valence-electron chi connectivity index (χ0n) is 18.4. The van der Waals surface area contributed by atoms with E-state index in [4.69, 9.17) is 9.47 Å². The summed E-state index contributed by atoms with van der Waals surface area (Å²) < 4.78 is 25.7. The molecule has 1 heterocycles. The van der Waals surface area contributed by atoms with Crippen molar-refractivity contribution in [3.63, 3.8) is 0 Å². The number of nitrogens with zero attached hydrogens (tertiary/aromatic N) is 1. The fraction of sp³-hybridized carbons (Fsp3) is 0.292. The summed E-state index contributed by atoms with van der Waals surface area (Å²) in [5.74, 6) is -1.62. The summed E-state index contributed by atoms with van der Waals surface area (Å²) in [4.78, 5) is 38.5. The van der Waals surface area contributed by atoms with E-state index in [-0.39, 0.29) is 35.8 Å². The Morgan fingerprint density at radius 2 is 1.75 bits per heavy atom. The average molecular weight is 440 g/mol. The highest BCUT2D eigenvalue weighted by atomic mass is 19.1. The number of carbonyl (C=O) groups is 3. The fourth-order valence-electron chi connectivity index (χ4n) is 3.22. The first kappa shape index (κ1) is 23.0. The number of anilines is 1. The summed E-state index contributed by atoms with van der Waals surface area (Å²) in [5, 5.41) is 3.33. The highest BCUT2D eigenvalue weighted by molar-refractivity contribution is 6.12. The number of esters is 1. The second-order valence-corrected chi connectivity index (χ2v) is 8.06. The molecule has 8 heteroatoms. The molecule has 168 valence electrons. The van der Waals surface area contributed by atoms with Gasteiger partial charge in [-0.1, -0.05) is 30.3 Å². The number of Topliss-reactive ketones (excluding diaryl/α,β-unsaturated/α-hetero) is 1. The molecule has 0 bridgehead atoms. The van der Waals surface area contributed by atoms with Crippen LogP contribution in [0, 0.1) is 5.82 Å². The van der Waals surface area contributed by atoms with Crippen LogP contribution >= 0.6 is 0 Å². The van der Waals surface area contributed by atoms with Crippen molar-refractivity contribution >= 4 is 34.4 Å². The first-order valence-electron chi connectivity index (χ1n) is 10.2. The van der Waals surface area contributed by atoms with Crippen molar-refractivity contribution < 1.29 is 28.2 Å². The third kappa shape index (κ3) is 4.96. The number of hydrogen-bond donors (Lipinski definition) is 1. The lowest BCUT2D eigenvalue weighted by molar-refractivity contribution is 0.0455. The third-order valence-electron chi connectivity index (χ3n) is 4.50. The quantitative estimate of drug-likeness (QED) is 0.427. The Bertz CT molecular complexity index is 1160.